The van der Waals surface area contributed by atoms with Crippen LogP contribution in [0.5, 0.6) is 0 Å². The van der Waals surface area contributed by atoms with E-state index in [1.54, 1.807) is 4.68 Å². The third-order valence-corrected chi connectivity index (χ3v) is 6.74. The molecule has 0 radical (unpaired) electrons. The normalized spacial score (nSPS) is 32.5. The molecule has 4 saturated carbocycles. The van der Waals surface area contributed by atoms with E-state index in [0.29, 0.717) is 12.2 Å². The Labute approximate surface area is 147 Å². The molecule has 7 heteroatoms. The van der Waals surface area contributed by atoms with Crippen molar-refractivity contribution in [2.45, 2.75) is 56.9 Å². The molecule has 1 heterocycles. The molecule has 0 atom stereocenters. The monoisotopic (exact) mass is 436 g/mol. The number of nitrogens with zero attached hydrogens (tertiary/aromatic N) is 2. The number of halogens is 3. The zero-order valence-electron chi connectivity index (χ0n) is 13.2. The lowest BCUT2D eigenvalue weighted by Crippen LogP contribution is -2.55. The number of aromatic nitrogens is 2. The van der Waals surface area contributed by atoms with Crippen LogP contribution >= 0.6 is 22.6 Å². The molecule has 23 heavy (non-hydrogen) atoms. The Hall–Kier alpha value is -0.730. The van der Waals surface area contributed by atoms with Crippen LogP contribution in [0.1, 0.15) is 55.2 Å². The van der Waals surface area contributed by atoms with E-state index < -0.39 is 17.3 Å². The maximum Gasteiger partial charge on any atom is 0.357 e. The molecule has 1 aromatic rings. The minimum Gasteiger partial charge on any atom is -0.464 e. The largest absolute Gasteiger partial charge is 0.464 e. The average molecular weight is 436 g/mol. The lowest BCUT2D eigenvalue weighted by molar-refractivity contribution is -0.160. The van der Waals surface area contributed by atoms with Crippen molar-refractivity contribution in [1.29, 1.82) is 0 Å². The molecule has 5 rings (SSSR count). The standard InChI is InChI=1S/C16H19F2IN2O2/c1-14(6-16(17,18)7-14)8-21-11(13(22)23-2)10(19)12(20-21)15-3-9(4-15)5-15/h9H,3-8H2,1-2H3. The van der Waals surface area contributed by atoms with Crippen LogP contribution in [0.15, 0.2) is 0 Å². The second-order valence-electron chi connectivity index (χ2n) is 7.94. The highest BCUT2D eigenvalue weighted by Gasteiger charge is 2.60. The van der Waals surface area contributed by atoms with Gasteiger partial charge in [0.15, 0.2) is 5.69 Å². The first kappa shape index (κ1) is 15.8. The fraction of sp³-hybridized carbons (Fsp3) is 0.750. The Balaban J connectivity index is 1.68. The van der Waals surface area contributed by atoms with Crippen molar-refractivity contribution in [3.05, 3.63) is 15.0 Å². The summed E-state index contributed by atoms with van der Waals surface area (Å²) in [7, 11) is 1.34. The maximum atomic E-state index is 13.3. The Morgan fingerprint density at radius 2 is 2.00 bits per heavy atom. The van der Waals surface area contributed by atoms with E-state index in [2.05, 4.69) is 27.7 Å². The van der Waals surface area contributed by atoms with Crippen molar-refractivity contribution in [3.8, 4) is 0 Å². The van der Waals surface area contributed by atoms with Gasteiger partial charge >= 0.3 is 5.97 Å². The van der Waals surface area contributed by atoms with E-state index in [4.69, 9.17) is 4.74 Å². The van der Waals surface area contributed by atoms with E-state index >= 15 is 0 Å². The number of carbonyl (C=O) groups is 1. The van der Waals surface area contributed by atoms with Gasteiger partial charge < -0.3 is 4.74 Å². The summed E-state index contributed by atoms with van der Waals surface area (Å²) in [5.41, 5.74) is 0.998. The second-order valence-corrected chi connectivity index (χ2v) is 9.02. The molecule has 0 amide bonds. The van der Waals surface area contributed by atoms with E-state index in [1.165, 1.54) is 7.11 Å². The zero-order valence-corrected chi connectivity index (χ0v) is 15.3. The molecule has 0 aliphatic heterocycles. The summed E-state index contributed by atoms with van der Waals surface area (Å²) < 4.78 is 33.9. The van der Waals surface area contributed by atoms with Crippen LogP contribution in [0.4, 0.5) is 8.78 Å². The Morgan fingerprint density at radius 1 is 1.39 bits per heavy atom. The predicted molar refractivity (Wildman–Crippen MR) is 87.6 cm³/mol. The maximum absolute atomic E-state index is 13.3. The van der Waals surface area contributed by atoms with Crippen molar-refractivity contribution in [2.75, 3.05) is 7.11 Å². The predicted octanol–water partition coefficient (Wildman–Crippen LogP) is 3.76. The molecule has 4 aliphatic carbocycles. The van der Waals surface area contributed by atoms with Gasteiger partial charge in [-0.3, -0.25) is 4.68 Å². The quantitative estimate of drug-likeness (QED) is 0.534. The topological polar surface area (TPSA) is 44.1 Å². The Bertz CT molecular complexity index is 675. The number of hydrogen-bond donors (Lipinski definition) is 0. The van der Waals surface area contributed by atoms with Gasteiger partial charge in [-0.2, -0.15) is 5.10 Å². The van der Waals surface area contributed by atoms with Crippen molar-refractivity contribution < 1.29 is 18.3 Å². The molecule has 1 aromatic heterocycles. The molecule has 0 unspecified atom stereocenters. The van der Waals surface area contributed by atoms with Crippen LogP contribution < -0.4 is 0 Å². The number of esters is 1. The van der Waals surface area contributed by atoms with Crippen LogP contribution in [0.25, 0.3) is 0 Å². The second kappa shape index (κ2) is 4.67. The summed E-state index contributed by atoms with van der Waals surface area (Å²) in [6.45, 7) is 2.17. The van der Waals surface area contributed by atoms with Gasteiger partial charge in [-0.1, -0.05) is 6.92 Å². The Kier molecular flexibility index (Phi) is 3.20. The summed E-state index contributed by atoms with van der Waals surface area (Å²) in [5.74, 6) is -2.22. The highest BCUT2D eigenvalue weighted by atomic mass is 127. The van der Waals surface area contributed by atoms with Crippen LogP contribution in [-0.2, 0) is 16.7 Å². The van der Waals surface area contributed by atoms with Crippen molar-refractivity contribution >= 4 is 28.6 Å². The molecule has 126 valence electrons. The van der Waals surface area contributed by atoms with Crippen LogP contribution in [0.3, 0.4) is 0 Å². The summed E-state index contributed by atoms with van der Waals surface area (Å²) in [6, 6.07) is 0. The first-order chi connectivity index (χ1) is 10.7. The number of carbonyl (C=O) groups excluding carboxylic acids is 1. The van der Waals surface area contributed by atoms with Gasteiger partial charge in [0, 0.05) is 24.8 Å². The first-order valence-corrected chi connectivity index (χ1v) is 8.98. The molecule has 2 bridgehead atoms. The minimum absolute atomic E-state index is 0.125. The summed E-state index contributed by atoms with van der Waals surface area (Å²) in [4.78, 5) is 12.2. The third kappa shape index (κ3) is 2.25. The Morgan fingerprint density at radius 3 is 2.43 bits per heavy atom. The fourth-order valence-electron chi connectivity index (χ4n) is 4.62. The minimum atomic E-state index is -2.59. The number of alkyl halides is 2. The molecule has 0 spiro atoms. The van der Waals surface area contributed by atoms with Gasteiger partial charge in [-0.25, -0.2) is 13.6 Å². The average Bonchev–Trinajstić information content (AvgIpc) is 2.59. The molecule has 4 nitrogen and oxygen atoms in total. The van der Waals surface area contributed by atoms with E-state index in [1.807, 2.05) is 6.92 Å². The number of rotatable bonds is 4. The molecular weight excluding hydrogens is 417 g/mol. The number of hydrogen-bond acceptors (Lipinski definition) is 3. The zero-order chi connectivity index (χ0) is 16.6. The van der Waals surface area contributed by atoms with Crippen molar-refractivity contribution in [3.63, 3.8) is 0 Å². The van der Waals surface area contributed by atoms with Gasteiger partial charge in [-0.05, 0) is 53.2 Å². The van der Waals surface area contributed by atoms with E-state index in [9.17, 15) is 13.6 Å². The van der Waals surface area contributed by atoms with Gasteiger partial charge in [0.25, 0.3) is 0 Å². The molecular formula is C16H19F2IN2O2. The number of ether oxygens (including phenoxy) is 1. The smallest absolute Gasteiger partial charge is 0.357 e. The van der Waals surface area contributed by atoms with Crippen LogP contribution in [-0.4, -0.2) is 28.8 Å². The summed E-state index contributed by atoms with van der Waals surface area (Å²) in [5, 5.41) is 4.69. The molecule has 0 N–H and O–H groups in total. The molecule has 0 aromatic carbocycles. The summed E-state index contributed by atoms with van der Waals surface area (Å²) >= 11 is 2.16. The molecule has 0 saturated heterocycles. The van der Waals surface area contributed by atoms with Gasteiger partial charge in [-0.15, -0.1) is 0 Å². The summed E-state index contributed by atoms with van der Waals surface area (Å²) in [6.07, 6.45) is 3.10. The fourth-order valence-corrected chi connectivity index (χ4v) is 5.80. The SMILES string of the molecule is COC(=O)c1c(I)c(C23CC(C2)C3)nn1CC1(C)CC(F)(F)C1. The number of methoxy groups -OCH3 is 1. The van der Waals surface area contributed by atoms with Crippen LogP contribution in [0, 0.1) is 14.9 Å². The van der Waals surface area contributed by atoms with Crippen molar-refractivity contribution in [1.82, 2.24) is 9.78 Å². The third-order valence-electron chi connectivity index (χ3n) is 5.72. The van der Waals surface area contributed by atoms with Crippen molar-refractivity contribution in [2.24, 2.45) is 11.3 Å². The molecule has 4 fully saturated rings. The van der Waals surface area contributed by atoms with E-state index in [0.717, 1.165) is 34.4 Å². The highest BCUT2D eigenvalue weighted by molar-refractivity contribution is 14.1. The first-order valence-electron chi connectivity index (χ1n) is 7.90. The van der Waals surface area contributed by atoms with E-state index in [-0.39, 0.29) is 18.3 Å². The van der Waals surface area contributed by atoms with Gasteiger partial charge in [0.05, 0.1) is 16.4 Å². The van der Waals surface area contributed by atoms with Gasteiger partial charge in [0.2, 0.25) is 5.92 Å². The highest BCUT2D eigenvalue weighted by Crippen LogP contribution is 2.65. The van der Waals surface area contributed by atoms with Gasteiger partial charge in [0.1, 0.15) is 0 Å². The van der Waals surface area contributed by atoms with Crippen LogP contribution in [0.2, 0.25) is 0 Å². The lowest BCUT2D eigenvalue weighted by atomic mass is 9.43. The molecule has 4 aliphatic rings. The lowest BCUT2D eigenvalue weighted by Gasteiger charge is -2.61.